The highest BCUT2D eigenvalue weighted by atomic mass is 16.1. The molecule has 0 unspecified atom stereocenters. The van der Waals surface area contributed by atoms with Crippen molar-refractivity contribution in [2.75, 3.05) is 18.2 Å². The Labute approximate surface area is 91.7 Å². The molecular weight excluding hydrogens is 206 g/mol. The van der Waals surface area contributed by atoms with Crippen molar-refractivity contribution >= 4 is 5.95 Å². The van der Waals surface area contributed by atoms with Crippen molar-refractivity contribution in [3.8, 4) is 11.3 Å². The summed E-state index contributed by atoms with van der Waals surface area (Å²) in [6.45, 7) is 0. The largest absolute Gasteiger partial charge is 0.356 e. The van der Waals surface area contributed by atoms with Crippen molar-refractivity contribution < 1.29 is 0 Å². The second kappa shape index (κ2) is 4.01. The smallest absolute Gasteiger partial charge is 0.301 e. The highest BCUT2D eigenvalue weighted by Crippen LogP contribution is 2.11. The van der Waals surface area contributed by atoms with Gasteiger partial charge in [-0.3, -0.25) is 4.79 Å². The van der Waals surface area contributed by atoms with E-state index < -0.39 is 5.56 Å². The van der Waals surface area contributed by atoms with E-state index in [-0.39, 0.29) is 11.6 Å². The molecule has 0 saturated carbocycles. The Morgan fingerprint density at radius 1 is 1.31 bits per heavy atom. The first-order valence-electron chi connectivity index (χ1n) is 4.72. The fraction of sp³-hybridized carbons (Fsp3) is 0.100. The lowest BCUT2D eigenvalue weighted by molar-refractivity contribution is 0.772. The molecule has 16 heavy (non-hydrogen) atoms. The first-order chi connectivity index (χ1) is 7.72. The van der Waals surface area contributed by atoms with Gasteiger partial charge in [0, 0.05) is 12.6 Å². The number of hydrogen-bond acceptors (Lipinski definition) is 5. The number of hydrogen-bond donors (Lipinski definition) is 2. The normalized spacial score (nSPS) is 10.1. The molecule has 82 valence electrons. The topological polar surface area (TPSA) is 85.8 Å². The van der Waals surface area contributed by atoms with E-state index in [2.05, 4.69) is 15.4 Å². The summed E-state index contributed by atoms with van der Waals surface area (Å²) in [7, 11) is 1.62. The minimum absolute atomic E-state index is 0.227. The van der Waals surface area contributed by atoms with Gasteiger partial charge in [0.1, 0.15) is 0 Å². The molecule has 0 amide bonds. The van der Waals surface area contributed by atoms with Crippen LogP contribution in [0.2, 0.25) is 0 Å². The fourth-order valence-corrected chi connectivity index (χ4v) is 1.35. The molecular formula is C10H11N5O. The van der Waals surface area contributed by atoms with Crippen molar-refractivity contribution in [2.45, 2.75) is 0 Å². The highest BCUT2D eigenvalue weighted by Gasteiger charge is 2.09. The van der Waals surface area contributed by atoms with Crippen LogP contribution < -0.4 is 16.7 Å². The molecule has 0 fully saturated rings. The number of aromatic nitrogens is 3. The summed E-state index contributed by atoms with van der Waals surface area (Å²) >= 11 is 0. The van der Waals surface area contributed by atoms with Gasteiger partial charge in [-0.2, -0.15) is 4.98 Å². The lowest BCUT2D eigenvalue weighted by Crippen LogP contribution is -2.26. The number of anilines is 1. The summed E-state index contributed by atoms with van der Waals surface area (Å²) in [5.74, 6) is 5.81. The summed E-state index contributed by atoms with van der Waals surface area (Å²) in [4.78, 5) is 16.5. The van der Waals surface area contributed by atoms with Gasteiger partial charge in [-0.25, -0.2) is 0 Å². The third-order valence-electron chi connectivity index (χ3n) is 2.11. The Bertz CT molecular complexity index is 549. The van der Waals surface area contributed by atoms with Crippen LogP contribution in [0.1, 0.15) is 0 Å². The lowest BCUT2D eigenvalue weighted by atomic mass is 10.2. The zero-order valence-electron chi connectivity index (χ0n) is 8.71. The summed E-state index contributed by atoms with van der Waals surface area (Å²) < 4.78 is 0. The second-order valence-corrected chi connectivity index (χ2v) is 3.15. The van der Waals surface area contributed by atoms with Crippen LogP contribution in [0.15, 0.2) is 35.1 Å². The minimum Gasteiger partial charge on any atom is -0.356 e. The highest BCUT2D eigenvalue weighted by molar-refractivity contribution is 5.57. The third kappa shape index (κ3) is 1.72. The van der Waals surface area contributed by atoms with E-state index in [9.17, 15) is 4.79 Å². The lowest BCUT2D eigenvalue weighted by Gasteiger charge is -2.06. The Kier molecular flexibility index (Phi) is 2.55. The van der Waals surface area contributed by atoms with E-state index in [1.54, 1.807) is 19.2 Å². The molecule has 1 aromatic heterocycles. The summed E-state index contributed by atoms with van der Waals surface area (Å²) in [5.41, 5.74) is 0.529. The van der Waals surface area contributed by atoms with E-state index >= 15 is 0 Å². The number of benzene rings is 1. The van der Waals surface area contributed by atoms with Crippen LogP contribution in [0, 0.1) is 0 Å². The van der Waals surface area contributed by atoms with E-state index in [1.807, 2.05) is 18.2 Å². The maximum absolute atomic E-state index is 11.7. The standard InChI is InChI=1S/C10H11N5O/c1-12-10-13-9(16)8(14-15(10)11)7-5-3-2-4-6-7/h2-6H,11H2,1H3,(H,12,13,16). The molecule has 6 heteroatoms. The molecule has 0 aliphatic carbocycles. The zero-order chi connectivity index (χ0) is 11.5. The SMILES string of the molecule is CNc1nc(=O)c(-c2ccccc2)nn1N. The van der Waals surface area contributed by atoms with Crippen LogP contribution in [-0.4, -0.2) is 21.9 Å². The molecule has 3 N–H and O–H groups in total. The van der Waals surface area contributed by atoms with Crippen molar-refractivity contribution in [3.63, 3.8) is 0 Å². The summed E-state index contributed by atoms with van der Waals surface area (Å²) in [5, 5.41) is 6.65. The Balaban J connectivity index is 2.60. The van der Waals surface area contributed by atoms with Gasteiger partial charge in [0.15, 0.2) is 5.69 Å². The van der Waals surface area contributed by atoms with Gasteiger partial charge in [-0.05, 0) is 0 Å². The molecule has 0 aliphatic heterocycles. The molecule has 0 atom stereocenters. The van der Waals surface area contributed by atoms with Gasteiger partial charge in [0.2, 0.25) is 5.95 Å². The molecule has 0 spiro atoms. The number of nitrogens with zero attached hydrogens (tertiary/aromatic N) is 3. The van der Waals surface area contributed by atoms with Crippen molar-refractivity contribution in [1.82, 2.24) is 14.9 Å². The van der Waals surface area contributed by atoms with E-state index in [0.29, 0.717) is 5.56 Å². The number of nitrogens with one attached hydrogen (secondary N) is 1. The molecule has 6 nitrogen and oxygen atoms in total. The van der Waals surface area contributed by atoms with Crippen molar-refractivity contribution in [2.24, 2.45) is 0 Å². The van der Waals surface area contributed by atoms with Crippen molar-refractivity contribution in [1.29, 1.82) is 0 Å². The monoisotopic (exact) mass is 217 g/mol. The van der Waals surface area contributed by atoms with Gasteiger partial charge in [0.05, 0.1) is 0 Å². The predicted octanol–water partition coefficient (Wildman–Crippen LogP) is 0.0608. The van der Waals surface area contributed by atoms with Gasteiger partial charge < -0.3 is 11.2 Å². The zero-order valence-corrected chi connectivity index (χ0v) is 8.71. The maximum Gasteiger partial charge on any atom is 0.301 e. The van der Waals surface area contributed by atoms with Crippen molar-refractivity contribution in [3.05, 3.63) is 40.7 Å². The average molecular weight is 217 g/mol. The predicted molar refractivity (Wildman–Crippen MR) is 61.4 cm³/mol. The summed E-state index contributed by atoms with van der Waals surface area (Å²) in [6, 6.07) is 9.07. The maximum atomic E-state index is 11.7. The Morgan fingerprint density at radius 2 is 2.00 bits per heavy atom. The van der Waals surface area contributed by atoms with Gasteiger partial charge in [0.25, 0.3) is 0 Å². The first-order valence-corrected chi connectivity index (χ1v) is 4.72. The molecule has 2 aromatic rings. The summed E-state index contributed by atoms with van der Waals surface area (Å²) in [6.07, 6.45) is 0. The number of nitrogen functional groups attached to an aromatic ring is 1. The van der Waals surface area contributed by atoms with Crippen LogP contribution in [0.4, 0.5) is 5.95 Å². The van der Waals surface area contributed by atoms with Gasteiger partial charge in [-0.1, -0.05) is 30.3 Å². The molecule has 0 radical (unpaired) electrons. The first kappa shape index (κ1) is 10.2. The Morgan fingerprint density at radius 3 is 2.62 bits per heavy atom. The quantitative estimate of drug-likeness (QED) is 0.695. The molecule has 2 rings (SSSR count). The van der Waals surface area contributed by atoms with Crippen LogP contribution >= 0.6 is 0 Å². The van der Waals surface area contributed by atoms with Crippen LogP contribution in [0.25, 0.3) is 11.3 Å². The van der Waals surface area contributed by atoms with Crippen LogP contribution in [0.5, 0.6) is 0 Å². The molecule has 1 heterocycles. The van der Waals surface area contributed by atoms with Gasteiger partial charge in [-0.15, -0.1) is 9.89 Å². The van der Waals surface area contributed by atoms with E-state index in [4.69, 9.17) is 5.84 Å². The van der Waals surface area contributed by atoms with Gasteiger partial charge >= 0.3 is 5.56 Å². The van der Waals surface area contributed by atoms with Crippen LogP contribution in [0.3, 0.4) is 0 Å². The fourth-order valence-electron chi connectivity index (χ4n) is 1.35. The average Bonchev–Trinajstić information content (AvgIpc) is 2.32. The van der Waals surface area contributed by atoms with Crippen LogP contribution in [-0.2, 0) is 0 Å². The van der Waals surface area contributed by atoms with E-state index in [0.717, 1.165) is 4.79 Å². The Hall–Kier alpha value is -2.37. The molecule has 0 saturated heterocycles. The minimum atomic E-state index is -0.405. The number of rotatable bonds is 2. The molecule has 1 aromatic carbocycles. The molecule has 0 bridgehead atoms. The number of nitrogens with two attached hydrogens (primary N) is 1. The third-order valence-corrected chi connectivity index (χ3v) is 2.11. The second-order valence-electron chi connectivity index (χ2n) is 3.15. The molecule has 0 aliphatic rings. The van der Waals surface area contributed by atoms with E-state index in [1.165, 1.54) is 0 Å².